The highest BCUT2D eigenvalue weighted by Crippen LogP contribution is 2.17. The lowest BCUT2D eigenvalue weighted by molar-refractivity contribution is -0.116. The number of nitrogens with one attached hydrogen (secondary N) is 2. The molecule has 0 heterocycles. The summed E-state index contributed by atoms with van der Waals surface area (Å²) in [6, 6.07) is 4.48. The molecule has 1 rings (SSSR count). The number of rotatable bonds is 4. The van der Waals surface area contributed by atoms with Crippen LogP contribution in [0.25, 0.3) is 0 Å². The second kappa shape index (κ2) is 7.06. The molecule has 1 aromatic rings. The summed E-state index contributed by atoms with van der Waals surface area (Å²) in [5, 5.41) is 5.09. The van der Waals surface area contributed by atoms with Gasteiger partial charge in [-0.05, 0) is 39.8 Å². The second-order valence-corrected chi connectivity index (χ2v) is 5.64. The fourth-order valence-corrected chi connectivity index (χ4v) is 1.55. The monoisotopic (exact) mass is 296 g/mol. The van der Waals surface area contributed by atoms with Crippen LogP contribution in [0, 0.1) is 12.7 Å². The van der Waals surface area contributed by atoms with E-state index in [9.17, 15) is 14.0 Å². The van der Waals surface area contributed by atoms with Gasteiger partial charge >= 0.3 is 6.09 Å². The van der Waals surface area contributed by atoms with Crippen LogP contribution < -0.4 is 10.6 Å². The molecule has 0 saturated heterocycles. The lowest BCUT2D eigenvalue weighted by Crippen LogP contribution is -2.34. The number of alkyl carbamates (subject to hydrolysis) is 1. The van der Waals surface area contributed by atoms with Gasteiger partial charge in [0.25, 0.3) is 0 Å². The molecular formula is C15H21FN2O3. The molecule has 2 N–H and O–H groups in total. The van der Waals surface area contributed by atoms with Crippen LogP contribution in [-0.2, 0) is 9.53 Å². The van der Waals surface area contributed by atoms with Crippen LogP contribution in [0.15, 0.2) is 18.2 Å². The van der Waals surface area contributed by atoms with Gasteiger partial charge in [-0.25, -0.2) is 9.18 Å². The summed E-state index contributed by atoms with van der Waals surface area (Å²) < 4.78 is 18.4. The molecule has 0 saturated carbocycles. The minimum absolute atomic E-state index is 0.0786. The maximum absolute atomic E-state index is 13.3. The van der Waals surface area contributed by atoms with Gasteiger partial charge in [0.15, 0.2) is 0 Å². The molecule has 5 nitrogen and oxygen atoms in total. The fraction of sp³-hybridized carbons (Fsp3) is 0.467. The highest BCUT2D eigenvalue weighted by Gasteiger charge is 2.16. The van der Waals surface area contributed by atoms with Crippen molar-refractivity contribution in [2.45, 2.75) is 39.7 Å². The topological polar surface area (TPSA) is 67.4 Å². The van der Waals surface area contributed by atoms with Crippen LogP contribution >= 0.6 is 0 Å². The zero-order valence-electron chi connectivity index (χ0n) is 12.7. The minimum atomic E-state index is -0.578. The molecule has 0 radical (unpaired) electrons. The molecule has 0 aromatic heterocycles. The summed E-state index contributed by atoms with van der Waals surface area (Å²) in [5.41, 5.74) is 0.230. The average molecular weight is 296 g/mol. The Morgan fingerprint density at radius 1 is 1.29 bits per heavy atom. The minimum Gasteiger partial charge on any atom is -0.444 e. The SMILES string of the molecule is Cc1c(F)cccc1NC(=O)CCNC(=O)OC(C)(C)C. The Bertz CT molecular complexity index is 524. The van der Waals surface area contributed by atoms with E-state index < -0.39 is 11.7 Å². The molecule has 21 heavy (non-hydrogen) atoms. The van der Waals surface area contributed by atoms with Crippen LogP contribution in [-0.4, -0.2) is 24.1 Å². The Hall–Kier alpha value is -2.11. The number of hydrogen-bond donors (Lipinski definition) is 2. The van der Waals surface area contributed by atoms with Crippen LogP contribution in [0.4, 0.5) is 14.9 Å². The van der Waals surface area contributed by atoms with Crippen molar-refractivity contribution in [2.24, 2.45) is 0 Å². The van der Waals surface area contributed by atoms with E-state index in [0.29, 0.717) is 11.3 Å². The first-order valence-electron chi connectivity index (χ1n) is 6.71. The maximum atomic E-state index is 13.3. The summed E-state index contributed by atoms with van der Waals surface area (Å²) >= 11 is 0. The molecule has 0 atom stereocenters. The number of amides is 2. The molecule has 0 bridgehead atoms. The lowest BCUT2D eigenvalue weighted by atomic mass is 10.2. The third-order valence-electron chi connectivity index (χ3n) is 2.56. The van der Waals surface area contributed by atoms with Gasteiger partial charge in [0.1, 0.15) is 11.4 Å². The van der Waals surface area contributed by atoms with E-state index in [1.165, 1.54) is 12.1 Å². The van der Waals surface area contributed by atoms with Gasteiger partial charge in [0, 0.05) is 24.2 Å². The van der Waals surface area contributed by atoms with Crippen molar-refractivity contribution < 1.29 is 18.7 Å². The number of carbonyl (C=O) groups is 2. The predicted octanol–water partition coefficient (Wildman–Crippen LogP) is 2.99. The molecule has 1 aromatic carbocycles. The molecule has 0 aliphatic carbocycles. The van der Waals surface area contributed by atoms with Crippen molar-refractivity contribution in [1.29, 1.82) is 0 Å². The Balaban J connectivity index is 2.38. The van der Waals surface area contributed by atoms with E-state index in [1.54, 1.807) is 33.8 Å². The molecule has 0 fully saturated rings. The van der Waals surface area contributed by atoms with Crippen molar-refractivity contribution in [3.05, 3.63) is 29.6 Å². The molecule has 0 aliphatic heterocycles. The normalized spacial score (nSPS) is 10.9. The molecule has 0 aliphatic rings. The Morgan fingerprint density at radius 2 is 1.95 bits per heavy atom. The van der Waals surface area contributed by atoms with E-state index >= 15 is 0 Å². The summed E-state index contributed by atoms with van der Waals surface area (Å²) in [6.45, 7) is 7.00. The number of halogens is 1. The number of carbonyl (C=O) groups excluding carboxylic acids is 2. The molecule has 0 unspecified atom stereocenters. The molecule has 6 heteroatoms. The first-order valence-corrected chi connectivity index (χ1v) is 6.71. The smallest absolute Gasteiger partial charge is 0.407 e. The highest BCUT2D eigenvalue weighted by molar-refractivity contribution is 5.91. The number of benzene rings is 1. The highest BCUT2D eigenvalue weighted by atomic mass is 19.1. The van der Waals surface area contributed by atoms with Gasteiger partial charge in [0.2, 0.25) is 5.91 Å². The van der Waals surface area contributed by atoms with E-state index in [4.69, 9.17) is 4.74 Å². The Morgan fingerprint density at radius 3 is 2.57 bits per heavy atom. The van der Waals surface area contributed by atoms with Crippen molar-refractivity contribution in [3.8, 4) is 0 Å². The van der Waals surface area contributed by atoms with Gasteiger partial charge < -0.3 is 15.4 Å². The van der Waals surface area contributed by atoms with Gasteiger partial charge in [-0.15, -0.1) is 0 Å². The summed E-state index contributed by atoms with van der Waals surface area (Å²) in [5.74, 6) is -0.681. The molecular weight excluding hydrogens is 275 g/mol. The predicted molar refractivity (Wildman–Crippen MR) is 78.6 cm³/mol. The number of ether oxygens (including phenoxy) is 1. The average Bonchev–Trinajstić information content (AvgIpc) is 2.32. The first kappa shape index (κ1) is 16.9. The second-order valence-electron chi connectivity index (χ2n) is 5.64. The maximum Gasteiger partial charge on any atom is 0.407 e. The third-order valence-corrected chi connectivity index (χ3v) is 2.56. The van der Waals surface area contributed by atoms with Crippen molar-refractivity contribution in [3.63, 3.8) is 0 Å². The lowest BCUT2D eigenvalue weighted by Gasteiger charge is -2.19. The fourth-order valence-electron chi connectivity index (χ4n) is 1.55. The quantitative estimate of drug-likeness (QED) is 0.897. The van der Waals surface area contributed by atoms with E-state index in [-0.39, 0.29) is 24.7 Å². The summed E-state index contributed by atoms with van der Waals surface area (Å²) in [7, 11) is 0. The van der Waals surface area contributed by atoms with Crippen LogP contribution in [0.5, 0.6) is 0 Å². The first-order chi connectivity index (χ1) is 9.69. The number of hydrogen-bond acceptors (Lipinski definition) is 3. The van der Waals surface area contributed by atoms with E-state index in [0.717, 1.165) is 0 Å². The van der Waals surface area contributed by atoms with Crippen molar-refractivity contribution in [1.82, 2.24) is 5.32 Å². The van der Waals surface area contributed by atoms with Crippen molar-refractivity contribution in [2.75, 3.05) is 11.9 Å². The van der Waals surface area contributed by atoms with Crippen molar-refractivity contribution >= 4 is 17.7 Å². The Kier molecular flexibility index (Phi) is 5.69. The largest absolute Gasteiger partial charge is 0.444 e. The third kappa shape index (κ3) is 6.25. The van der Waals surface area contributed by atoms with Crippen LogP contribution in [0.2, 0.25) is 0 Å². The zero-order chi connectivity index (χ0) is 16.0. The summed E-state index contributed by atoms with van der Waals surface area (Å²) in [6.07, 6.45) is -0.493. The number of anilines is 1. The molecule has 0 spiro atoms. The van der Waals surface area contributed by atoms with Gasteiger partial charge in [-0.2, -0.15) is 0 Å². The standard InChI is InChI=1S/C15H21FN2O3/c1-10-11(16)6-5-7-12(10)18-13(19)8-9-17-14(20)21-15(2,3)4/h5-7H,8-9H2,1-4H3,(H,17,20)(H,18,19). The van der Waals surface area contributed by atoms with Crippen LogP contribution in [0.1, 0.15) is 32.8 Å². The zero-order valence-corrected chi connectivity index (χ0v) is 12.7. The Labute approximate surface area is 123 Å². The van der Waals surface area contributed by atoms with E-state index in [1.807, 2.05) is 0 Å². The van der Waals surface area contributed by atoms with E-state index in [2.05, 4.69) is 10.6 Å². The summed E-state index contributed by atoms with van der Waals surface area (Å²) in [4.78, 5) is 23.1. The molecule has 2 amide bonds. The molecule has 116 valence electrons. The van der Waals surface area contributed by atoms with Crippen LogP contribution in [0.3, 0.4) is 0 Å². The van der Waals surface area contributed by atoms with Gasteiger partial charge in [0.05, 0.1) is 0 Å². The van der Waals surface area contributed by atoms with Gasteiger partial charge in [-0.3, -0.25) is 4.79 Å². The van der Waals surface area contributed by atoms with Gasteiger partial charge in [-0.1, -0.05) is 6.07 Å².